The summed E-state index contributed by atoms with van der Waals surface area (Å²) in [6.45, 7) is 0.955. The van der Waals surface area contributed by atoms with Crippen LogP contribution in [-0.4, -0.2) is 28.8 Å². The van der Waals surface area contributed by atoms with Gasteiger partial charge < -0.3 is 4.90 Å². The Balaban J connectivity index is 2.28. The number of rotatable bonds is 2. The van der Waals surface area contributed by atoms with E-state index in [-0.39, 0.29) is 27.5 Å². The fourth-order valence-electron chi connectivity index (χ4n) is 2.26. The van der Waals surface area contributed by atoms with Gasteiger partial charge in [0.2, 0.25) is 0 Å². The van der Waals surface area contributed by atoms with Crippen molar-refractivity contribution in [2.45, 2.75) is 12.8 Å². The first-order valence-corrected chi connectivity index (χ1v) is 6.95. The Kier molecular flexibility index (Phi) is 4.35. The first kappa shape index (κ1) is 14.5. The minimum absolute atomic E-state index is 0.135. The molecule has 1 amide bonds. The third-order valence-corrected chi connectivity index (χ3v) is 4.13. The largest absolute Gasteiger partial charge is 0.337 e. The molecule has 1 atom stereocenters. The Bertz CT molecular complexity index is 597. The lowest BCUT2D eigenvalue weighted by Gasteiger charge is -2.29. The van der Waals surface area contributed by atoms with Gasteiger partial charge in [-0.05, 0) is 34.8 Å². The number of carbonyl (C=O) groups is 1. The number of nitro benzene ring substituents is 1. The van der Waals surface area contributed by atoms with Crippen LogP contribution < -0.4 is 0 Å². The van der Waals surface area contributed by atoms with Crippen molar-refractivity contribution < 1.29 is 9.72 Å². The minimum Gasteiger partial charge on any atom is -0.337 e. The van der Waals surface area contributed by atoms with E-state index >= 15 is 0 Å². The smallest absolute Gasteiger partial charge is 0.284 e. The van der Waals surface area contributed by atoms with Crippen LogP contribution in [-0.2, 0) is 0 Å². The van der Waals surface area contributed by atoms with Crippen molar-refractivity contribution in [2.24, 2.45) is 5.92 Å². The Labute approximate surface area is 124 Å². The second-order valence-electron chi connectivity index (χ2n) is 4.62. The summed E-state index contributed by atoms with van der Waals surface area (Å²) in [5.74, 6) is -0.439. The van der Waals surface area contributed by atoms with Gasteiger partial charge in [-0.1, -0.05) is 6.07 Å². The van der Waals surface area contributed by atoms with Gasteiger partial charge in [0.15, 0.2) is 0 Å². The van der Waals surface area contributed by atoms with Gasteiger partial charge in [0.05, 0.1) is 22.5 Å². The molecule has 0 aromatic heterocycles. The van der Waals surface area contributed by atoms with Crippen molar-refractivity contribution in [3.05, 3.63) is 38.3 Å². The van der Waals surface area contributed by atoms with E-state index in [0.29, 0.717) is 13.1 Å². The first-order chi connectivity index (χ1) is 9.54. The molecular weight excluding hydrogens is 326 g/mol. The van der Waals surface area contributed by atoms with E-state index in [1.54, 1.807) is 11.0 Å². The lowest BCUT2D eigenvalue weighted by molar-refractivity contribution is -0.385. The van der Waals surface area contributed by atoms with Gasteiger partial charge in [-0.3, -0.25) is 14.9 Å². The molecule has 7 heteroatoms. The molecule has 0 N–H and O–H groups in total. The number of hydrogen-bond acceptors (Lipinski definition) is 4. The second kappa shape index (κ2) is 6.01. The quantitative estimate of drug-likeness (QED) is 0.613. The molecule has 0 radical (unpaired) electrons. The molecule has 1 aromatic rings. The maximum Gasteiger partial charge on any atom is 0.284 e. The van der Waals surface area contributed by atoms with E-state index in [4.69, 9.17) is 5.26 Å². The molecule has 1 saturated heterocycles. The topological polar surface area (TPSA) is 87.2 Å². The fraction of sp³-hybridized carbons (Fsp3) is 0.385. The molecule has 0 saturated carbocycles. The number of likely N-dealkylation sites (tertiary alicyclic amines) is 1. The van der Waals surface area contributed by atoms with Gasteiger partial charge >= 0.3 is 0 Å². The number of nitriles is 1. The Morgan fingerprint density at radius 2 is 2.30 bits per heavy atom. The molecule has 1 heterocycles. The number of benzene rings is 1. The summed E-state index contributed by atoms with van der Waals surface area (Å²) in [6.07, 6.45) is 1.56. The number of carbonyl (C=O) groups excluding carboxylic acids is 1. The van der Waals surface area contributed by atoms with E-state index in [0.717, 1.165) is 12.8 Å². The molecule has 1 aliphatic heterocycles. The molecule has 0 aliphatic carbocycles. The predicted octanol–water partition coefficient (Wildman–Crippen LogP) is 2.73. The van der Waals surface area contributed by atoms with Crippen molar-refractivity contribution in [1.82, 2.24) is 4.90 Å². The molecule has 20 heavy (non-hydrogen) atoms. The van der Waals surface area contributed by atoms with Crippen LogP contribution >= 0.6 is 15.9 Å². The van der Waals surface area contributed by atoms with Crippen molar-refractivity contribution in [2.75, 3.05) is 13.1 Å². The maximum absolute atomic E-state index is 12.4. The number of amides is 1. The Morgan fingerprint density at radius 3 is 2.95 bits per heavy atom. The summed E-state index contributed by atoms with van der Waals surface area (Å²) >= 11 is 3.13. The highest BCUT2D eigenvalue weighted by Crippen LogP contribution is 2.30. The van der Waals surface area contributed by atoms with Crippen molar-refractivity contribution in [3.63, 3.8) is 0 Å². The molecule has 6 nitrogen and oxygen atoms in total. The molecule has 1 unspecified atom stereocenters. The van der Waals surface area contributed by atoms with E-state index in [1.807, 2.05) is 0 Å². The fourth-order valence-corrected chi connectivity index (χ4v) is 2.84. The van der Waals surface area contributed by atoms with Crippen LogP contribution in [0.5, 0.6) is 0 Å². The molecular formula is C13H12BrN3O3. The molecule has 0 spiro atoms. The maximum atomic E-state index is 12.4. The zero-order chi connectivity index (χ0) is 14.7. The van der Waals surface area contributed by atoms with Crippen LogP contribution in [0.15, 0.2) is 22.7 Å². The minimum atomic E-state index is -0.533. The normalized spacial score (nSPS) is 18.4. The highest BCUT2D eigenvalue weighted by atomic mass is 79.9. The summed E-state index contributed by atoms with van der Waals surface area (Å²) in [5, 5.41) is 19.8. The van der Waals surface area contributed by atoms with E-state index in [1.165, 1.54) is 12.1 Å². The molecule has 1 fully saturated rings. The number of nitrogens with zero attached hydrogens (tertiary/aromatic N) is 3. The zero-order valence-corrected chi connectivity index (χ0v) is 12.2. The second-order valence-corrected chi connectivity index (χ2v) is 5.41. The van der Waals surface area contributed by atoms with Crippen molar-refractivity contribution in [3.8, 4) is 6.07 Å². The van der Waals surface area contributed by atoms with Crippen LogP contribution in [0.25, 0.3) is 0 Å². The van der Waals surface area contributed by atoms with Gasteiger partial charge in [-0.25, -0.2) is 0 Å². The summed E-state index contributed by atoms with van der Waals surface area (Å²) < 4.78 is 0.189. The lowest BCUT2D eigenvalue weighted by Crippen LogP contribution is -2.39. The first-order valence-electron chi connectivity index (χ1n) is 6.16. The van der Waals surface area contributed by atoms with E-state index < -0.39 is 4.92 Å². The zero-order valence-electron chi connectivity index (χ0n) is 10.6. The number of hydrogen-bond donors (Lipinski definition) is 0. The van der Waals surface area contributed by atoms with Gasteiger partial charge in [-0.15, -0.1) is 0 Å². The molecule has 1 aromatic carbocycles. The average molecular weight is 338 g/mol. The van der Waals surface area contributed by atoms with Crippen molar-refractivity contribution >= 4 is 27.5 Å². The molecule has 1 aliphatic rings. The highest BCUT2D eigenvalue weighted by Gasteiger charge is 2.27. The molecule has 0 bridgehead atoms. The van der Waals surface area contributed by atoms with Crippen LogP contribution in [0, 0.1) is 27.4 Å². The third-order valence-electron chi connectivity index (χ3n) is 3.30. The van der Waals surface area contributed by atoms with Crippen LogP contribution in [0.3, 0.4) is 0 Å². The van der Waals surface area contributed by atoms with Crippen LogP contribution in [0.4, 0.5) is 5.69 Å². The Hall–Kier alpha value is -1.94. The van der Waals surface area contributed by atoms with Crippen LogP contribution in [0.2, 0.25) is 0 Å². The van der Waals surface area contributed by atoms with Gasteiger partial charge in [0.1, 0.15) is 4.47 Å². The summed E-state index contributed by atoms with van der Waals surface area (Å²) in [4.78, 5) is 24.4. The monoisotopic (exact) mass is 337 g/mol. The number of piperidine rings is 1. The Morgan fingerprint density at radius 1 is 1.55 bits per heavy atom. The van der Waals surface area contributed by atoms with Crippen molar-refractivity contribution in [1.29, 1.82) is 5.26 Å². The standard InChI is InChI=1S/C13H12BrN3O3/c14-12-10(4-1-5-11(12)17(19)20)13(18)16-6-2-3-9(7-15)8-16/h1,4-5,9H,2-3,6,8H2. The molecule has 2 rings (SSSR count). The van der Waals surface area contributed by atoms with Gasteiger partial charge in [0, 0.05) is 19.2 Å². The predicted molar refractivity (Wildman–Crippen MR) is 75.0 cm³/mol. The van der Waals surface area contributed by atoms with E-state index in [9.17, 15) is 14.9 Å². The van der Waals surface area contributed by atoms with E-state index in [2.05, 4.69) is 22.0 Å². The van der Waals surface area contributed by atoms with Gasteiger partial charge in [-0.2, -0.15) is 5.26 Å². The summed E-state index contributed by atoms with van der Waals surface area (Å²) in [5.41, 5.74) is 0.127. The number of halogens is 1. The van der Waals surface area contributed by atoms with Crippen LogP contribution in [0.1, 0.15) is 23.2 Å². The average Bonchev–Trinajstić information content (AvgIpc) is 2.46. The molecule has 104 valence electrons. The lowest BCUT2D eigenvalue weighted by atomic mass is 9.99. The van der Waals surface area contributed by atoms with Gasteiger partial charge in [0.25, 0.3) is 11.6 Å². The SMILES string of the molecule is N#CC1CCCN(C(=O)c2cccc([N+](=O)[O-])c2Br)C1. The summed E-state index contributed by atoms with van der Waals surface area (Å²) in [6, 6.07) is 6.55. The third kappa shape index (κ3) is 2.80. The summed E-state index contributed by atoms with van der Waals surface area (Å²) in [7, 11) is 0. The highest BCUT2D eigenvalue weighted by molar-refractivity contribution is 9.10. The number of nitro groups is 1.